The Hall–Kier alpha value is -2.21. The Morgan fingerprint density at radius 2 is 1.54 bits per heavy atom. The molecule has 0 spiro atoms. The Morgan fingerprint density at radius 3 is 2.08 bits per heavy atom. The highest BCUT2D eigenvalue weighted by Crippen LogP contribution is 2.18. The standard InChI is InChI=1S/C20H20BrFN2O2/c1-2-14-3-5-15(6-4-14)19(25)23-9-11-24(12-10-23)20(26)17-8-7-16(21)13-18(17)22/h3-8,13H,2,9-12H2,1H3. The number of aryl methyl sites for hydroxylation is 1. The number of piperazine rings is 1. The van der Waals surface area contributed by atoms with Crippen molar-refractivity contribution in [3.8, 4) is 0 Å². The molecule has 0 aromatic heterocycles. The molecule has 136 valence electrons. The van der Waals surface area contributed by atoms with Crippen LogP contribution in [0.25, 0.3) is 0 Å². The van der Waals surface area contributed by atoms with Crippen LogP contribution in [0.5, 0.6) is 0 Å². The van der Waals surface area contributed by atoms with E-state index in [1.165, 1.54) is 17.7 Å². The van der Waals surface area contributed by atoms with Crippen LogP contribution < -0.4 is 0 Å². The largest absolute Gasteiger partial charge is 0.335 e. The first-order valence-electron chi connectivity index (χ1n) is 8.62. The summed E-state index contributed by atoms with van der Waals surface area (Å²) in [4.78, 5) is 28.4. The van der Waals surface area contributed by atoms with Gasteiger partial charge in [0.15, 0.2) is 0 Å². The number of carbonyl (C=O) groups excluding carboxylic acids is 2. The van der Waals surface area contributed by atoms with Crippen LogP contribution in [-0.4, -0.2) is 47.8 Å². The van der Waals surface area contributed by atoms with Gasteiger partial charge in [0, 0.05) is 36.2 Å². The smallest absolute Gasteiger partial charge is 0.256 e. The van der Waals surface area contributed by atoms with Gasteiger partial charge < -0.3 is 9.80 Å². The second-order valence-corrected chi connectivity index (χ2v) is 7.17. The molecule has 0 radical (unpaired) electrons. The molecule has 0 N–H and O–H groups in total. The van der Waals surface area contributed by atoms with Crippen molar-refractivity contribution in [2.24, 2.45) is 0 Å². The molecular formula is C20H20BrFN2O2. The van der Waals surface area contributed by atoms with E-state index in [2.05, 4.69) is 22.9 Å². The van der Waals surface area contributed by atoms with Crippen molar-refractivity contribution in [3.63, 3.8) is 0 Å². The highest BCUT2D eigenvalue weighted by molar-refractivity contribution is 9.10. The van der Waals surface area contributed by atoms with E-state index in [0.29, 0.717) is 36.2 Å². The fraction of sp³-hybridized carbons (Fsp3) is 0.300. The molecule has 2 amide bonds. The van der Waals surface area contributed by atoms with Gasteiger partial charge in [-0.05, 0) is 42.3 Å². The lowest BCUT2D eigenvalue weighted by Gasteiger charge is -2.35. The molecule has 0 bridgehead atoms. The third-order valence-electron chi connectivity index (χ3n) is 4.62. The molecule has 1 aliphatic rings. The zero-order valence-corrected chi connectivity index (χ0v) is 16.1. The van der Waals surface area contributed by atoms with Crippen molar-refractivity contribution >= 4 is 27.7 Å². The quantitative estimate of drug-likeness (QED) is 0.761. The Balaban J connectivity index is 1.63. The molecule has 1 heterocycles. The molecule has 6 heteroatoms. The van der Waals surface area contributed by atoms with Crippen LogP contribution >= 0.6 is 15.9 Å². The van der Waals surface area contributed by atoms with Gasteiger partial charge in [-0.3, -0.25) is 9.59 Å². The van der Waals surface area contributed by atoms with Crippen molar-refractivity contribution in [2.45, 2.75) is 13.3 Å². The summed E-state index contributed by atoms with van der Waals surface area (Å²) in [5.41, 5.74) is 1.90. The lowest BCUT2D eigenvalue weighted by molar-refractivity contribution is 0.0533. The van der Waals surface area contributed by atoms with Crippen LogP contribution in [-0.2, 0) is 6.42 Å². The Kier molecular flexibility index (Phi) is 5.71. The van der Waals surface area contributed by atoms with Gasteiger partial charge in [0.25, 0.3) is 11.8 Å². The molecule has 26 heavy (non-hydrogen) atoms. The van der Waals surface area contributed by atoms with Crippen molar-refractivity contribution in [2.75, 3.05) is 26.2 Å². The minimum atomic E-state index is -0.543. The summed E-state index contributed by atoms with van der Waals surface area (Å²) in [6.45, 7) is 3.75. The fourth-order valence-electron chi connectivity index (χ4n) is 3.01. The Morgan fingerprint density at radius 1 is 0.962 bits per heavy atom. The molecule has 0 atom stereocenters. The highest BCUT2D eigenvalue weighted by Gasteiger charge is 2.26. The maximum atomic E-state index is 14.0. The van der Waals surface area contributed by atoms with Gasteiger partial charge in [-0.25, -0.2) is 4.39 Å². The topological polar surface area (TPSA) is 40.6 Å². The van der Waals surface area contributed by atoms with E-state index in [9.17, 15) is 14.0 Å². The predicted octanol–water partition coefficient (Wildman–Crippen LogP) is 3.75. The number of rotatable bonds is 3. The fourth-order valence-corrected chi connectivity index (χ4v) is 3.34. The minimum Gasteiger partial charge on any atom is -0.335 e. The number of carbonyl (C=O) groups is 2. The van der Waals surface area contributed by atoms with Crippen molar-refractivity contribution in [3.05, 3.63) is 69.4 Å². The van der Waals surface area contributed by atoms with Crippen LogP contribution in [0, 0.1) is 5.82 Å². The number of benzene rings is 2. The zero-order chi connectivity index (χ0) is 18.7. The first-order chi connectivity index (χ1) is 12.5. The van der Waals surface area contributed by atoms with Gasteiger partial charge in [-0.15, -0.1) is 0 Å². The van der Waals surface area contributed by atoms with Gasteiger partial charge in [0.2, 0.25) is 0 Å². The lowest BCUT2D eigenvalue weighted by atomic mass is 10.1. The molecule has 0 saturated carbocycles. The number of hydrogen-bond donors (Lipinski definition) is 0. The summed E-state index contributed by atoms with van der Waals surface area (Å²) in [5, 5.41) is 0. The summed E-state index contributed by atoms with van der Waals surface area (Å²) in [5.74, 6) is -0.914. The second-order valence-electron chi connectivity index (χ2n) is 6.26. The minimum absolute atomic E-state index is 0.0328. The summed E-state index contributed by atoms with van der Waals surface area (Å²) in [6, 6.07) is 12.0. The first-order valence-corrected chi connectivity index (χ1v) is 9.41. The molecule has 1 aliphatic heterocycles. The second kappa shape index (κ2) is 7.99. The maximum Gasteiger partial charge on any atom is 0.256 e. The Bertz CT molecular complexity index is 815. The molecule has 0 aliphatic carbocycles. The zero-order valence-electron chi connectivity index (χ0n) is 14.5. The predicted molar refractivity (Wildman–Crippen MR) is 102 cm³/mol. The van der Waals surface area contributed by atoms with E-state index >= 15 is 0 Å². The van der Waals surface area contributed by atoms with Gasteiger partial charge in [-0.2, -0.15) is 0 Å². The summed E-state index contributed by atoms with van der Waals surface area (Å²) in [7, 11) is 0. The first kappa shape index (κ1) is 18.6. The molecule has 1 fully saturated rings. The van der Waals surface area contributed by atoms with Gasteiger partial charge in [0.1, 0.15) is 5.82 Å². The van der Waals surface area contributed by atoms with E-state index < -0.39 is 5.82 Å². The normalized spacial score (nSPS) is 14.4. The van der Waals surface area contributed by atoms with Crippen molar-refractivity contribution in [1.29, 1.82) is 0 Å². The van der Waals surface area contributed by atoms with Gasteiger partial charge in [0.05, 0.1) is 5.56 Å². The molecule has 1 saturated heterocycles. The summed E-state index contributed by atoms with van der Waals surface area (Å²) < 4.78 is 14.6. The monoisotopic (exact) mass is 418 g/mol. The van der Waals surface area contributed by atoms with E-state index in [-0.39, 0.29) is 17.4 Å². The van der Waals surface area contributed by atoms with Crippen LogP contribution in [0.15, 0.2) is 46.9 Å². The van der Waals surface area contributed by atoms with Crippen LogP contribution in [0.4, 0.5) is 4.39 Å². The van der Waals surface area contributed by atoms with Crippen LogP contribution in [0.2, 0.25) is 0 Å². The number of hydrogen-bond acceptors (Lipinski definition) is 2. The van der Waals surface area contributed by atoms with Crippen LogP contribution in [0.3, 0.4) is 0 Å². The number of halogens is 2. The molecule has 2 aromatic carbocycles. The molecule has 4 nitrogen and oxygen atoms in total. The van der Waals surface area contributed by atoms with Gasteiger partial charge >= 0.3 is 0 Å². The van der Waals surface area contributed by atoms with Crippen molar-refractivity contribution < 1.29 is 14.0 Å². The van der Waals surface area contributed by atoms with Gasteiger partial charge in [-0.1, -0.05) is 35.0 Å². The van der Waals surface area contributed by atoms with E-state index in [1.807, 2.05) is 24.3 Å². The lowest BCUT2D eigenvalue weighted by Crippen LogP contribution is -2.50. The molecular weight excluding hydrogens is 399 g/mol. The van der Waals surface area contributed by atoms with Crippen LogP contribution in [0.1, 0.15) is 33.2 Å². The van der Waals surface area contributed by atoms with E-state index in [4.69, 9.17) is 0 Å². The van der Waals surface area contributed by atoms with E-state index in [1.54, 1.807) is 15.9 Å². The average molecular weight is 419 g/mol. The molecule has 0 unspecified atom stereocenters. The molecule has 3 rings (SSSR count). The SMILES string of the molecule is CCc1ccc(C(=O)N2CCN(C(=O)c3ccc(Br)cc3F)CC2)cc1. The average Bonchev–Trinajstić information content (AvgIpc) is 2.67. The third kappa shape index (κ3) is 3.96. The summed E-state index contributed by atoms with van der Waals surface area (Å²) in [6.07, 6.45) is 0.932. The molecule has 2 aromatic rings. The maximum absolute atomic E-state index is 14.0. The number of nitrogens with zero attached hydrogens (tertiary/aromatic N) is 2. The number of amides is 2. The highest BCUT2D eigenvalue weighted by atomic mass is 79.9. The Labute approximate surface area is 160 Å². The third-order valence-corrected chi connectivity index (χ3v) is 5.12. The summed E-state index contributed by atoms with van der Waals surface area (Å²) >= 11 is 3.19. The van der Waals surface area contributed by atoms with E-state index in [0.717, 1.165) is 6.42 Å². The van der Waals surface area contributed by atoms with Crippen molar-refractivity contribution in [1.82, 2.24) is 9.80 Å².